The maximum atomic E-state index is 13.3. The van der Waals surface area contributed by atoms with Gasteiger partial charge in [0, 0.05) is 31.8 Å². The summed E-state index contributed by atoms with van der Waals surface area (Å²) < 4.78 is 2.60. The number of aromatic amines is 1. The molecule has 0 fully saturated rings. The molecule has 0 unspecified atom stereocenters. The Labute approximate surface area is 163 Å². The van der Waals surface area contributed by atoms with Crippen LogP contribution in [0.15, 0.2) is 36.7 Å². The monoisotopic (exact) mass is 398 g/mol. The van der Waals surface area contributed by atoms with Gasteiger partial charge < -0.3 is 9.88 Å². The van der Waals surface area contributed by atoms with E-state index in [1.54, 1.807) is 30.8 Å². The van der Waals surface area contributed by atoms with Crippen LogP contribution in [0.25, 0.3) is 10.2 Å². The number of hydrogen-bond acceptors (Lipinski definition) is 5. The molecule has 4 aromatic rings. The quantitative estimate of drug-likeness (QED) is 0.562. The minimum Gasteiger partial charge on any atom is -0.348 e. The Morgan fingerprint density at radius 3 is 3.00 bits per heavy atom. The highest BCUT2D eigenvalue weighted by Crippen LogP contribution is 2.38. The van der Waals surface area contributed by atoms with Crippen molar-refractivity contribution in [3.8, 4) is 0 Å². The molecule has 0 spiro atoms. The number of para-hydroxylation sites is 1. The number of aromatic nitrogens is 5. The molecule has 7 nitrogen and oxygen atoms in total. The van der Waals surface area contributed by atoms with Gasteiger partial charge in [-0.1, -0.05) is 23.7 Å². The van der Waals surface area contributed by atoms with E-state index >= 15 is 0 Å². The van der Waals surface area contributed by atoms with Crippen molar-refractivity contribution in [2.45, 2.75) is 12.5 Å². The Kier molecular flexibility index (Phi) is 3.76. The van der Waals surface area contributed by atoms with Crippen LogP contribution in [0, 0.1) is 0 Å². The first-order valence-electron chi connectivity index (χ1n) is 8.50. The molecule has 9 heteroatoms. The number of carbonyl (C=O) groups excluding carboxylic acids is 1. The molecule has 0 saturated heterocycles. The molecule has 3 aromatic heterocycles. The van der Waals surface area contributed by atoms with Gasteiger partial charge in [-0.05, 0) is 12.1 Å². The van der Waals surface area contributed by atoms with E-state index in [4.69, 9.17) is 16.6 Å². The molecule has 1 atom stereocenters. The van der Waals surface area contributed by atoms with E-state index in [1.807, 2.05) is 29.2 Å². The Morgan fingerprint density at radius 2 is 2.22 bits per heavy atom. The van der Waals surface area contributed by atoms with E-state index in [-0.39, 0.29) is 11.9 Å². The fourth-order valence-corrected chi connectivity index (χ4v) is 4.83. The second-order valence-corrected chi connectivity index (χ2v) is 7.86. The van der Waals surface area contributed by atoms with Crippen molar-refractivity contribution in [3.63, 3.8) is 0 Å². The van der Waals surface area contributed by atoms with Crippen LogP contribution in [0.2, 0.25) is 5.15 Å². The zero-order chi connectivity index (χ0) is 18.5. The average molecular weight is 399 g/mol. The fraction of sp³-hybridized carbons (Fsp3) is 0.222. The number of imidazole rings is 1. The average Bonchev–Trinajstić information content (AvgIpc) is 3.37. The van der Waals surface area contributed by atoms with Crippen molar-refractivity contribution in [2.75, 3.05) is 6.54 Å². The van der Waals surface area contributed by atoms with Crippen LogP contribution in [0.3, 0.4) is 0 Å². The second kappa shape index (κ2) is 6.17. The van der Waals surface area contributed by atoms with Crippen molar-refractivity contribution in [3.05, 3.63) is 63.9 Å². The molecule has 5 rings (SSSR count). The van der Waals surface area contributed by atoms with E-state index in [2.05, 4.69) is 15.1 Å². The Morgan fingerprint density at radius 1 is 1.37 bits per heavy atom. The summed E-state index contributed by atoms with van der Waals surface area (Å²) in [5.74, 6) is -0.130. The minimum absolute atomic E-state index is 0.130. The molecule has 1 aliphatic heterocycles. The number of nitrogens with zero attached hydrogens (tertiary/aromatic N) is 5. The summed E-state index contributed by atoms with van der Waals surface area (Å²) in [6, 6.07) is 9.24. The van der Waals surface area contributed by atoms with Crippen LogP contribution in [-0.2, 0) is 13.5 Å². The zero-order valence-corrected chi connectivity index (χ0v) is 16.0. The van der Waals surface area contributed by atoms with Crippen molar-refractivity contribution < 1.29 is 4.79 Å². The summed E-state index contributed by atoms with van der Waals surface area (Å²) in [7, 11) is 1.72. The lowest BCUT2D eigenvalue weighted by Gasteiger charge is -2.33. The fourth-order valence-electron chi connectivity index (χ4n) is 3.53. The minimum atomic E-state index is -0.335. The molecule has 0 radical (unpaired) electrons. The lowest BCUT2D eigenvalue weighted by Crippen LogP contribution is -2.41. The number of fused-ring (bicyclic) bond motifs is 2. The van der Waals surface area contributed by atoms with E-state index in [0.717, 1.165) is 26.6 Å². The molecule has 136 valence electrons. The predicted octanol–water partition coefficient (Wildman–Crippen LogP) is 3.19. The van der Waals surface area contributed by atoms with Gasteiger partial charge in [-0.15, -0.1) is 11.3 Å². The first-order chi connectivity index (χ1) is 13.1. The number of carbonyl (C=O) groups is 1. The van der Waals surface area contributed by atoms with Gasteiger partial charge in [0.05, 0.1) is 22.2 Å². The largest absolute Gasteiger partial charge is 0.348 e. The number of H-pyrrole nitrogens is 1. The number of hydrogen-bond donors (Lipinski definition) is 1. The van der Waals surface area contributed by atoms with Gasteiger partial charge in [0.25, 0.3) is 5.91 Å². The molecule has 27 heavy (non-hydrogen) atoms. The predicted molar refractivity (Wildman–Crippen MR) is 103 cm³/mol. The lowest BCUT2D eigenvalue weighted by molar-refractivity contribution is 0.0679. The molecular weight excluding hydrogens is 384 g/mol. The number of rotatable bonds is 2. The molecule has 0 aliphatic carbocycles. The Bertz CT molecular complexity index is 1130. The first kappa shape index (κ1) is 16.5. The second-order valence-electron chi connectivity index (χ2n) is 6.41. The van der Waals surface area contributed by atoms with Crippen LogP contribution in [0.5, 0.6) is 0 Å². The van der Waals surface area contributed by atoms with Crippen molar-refractivity contribution in [2.24, 2.45) is 7.05 Å². The highest BCUT2D eigenvalue weighted by molar-refractivity contribution is 7.18. The van der Waals surface area contributed by atoms with E-state index in [9.17, 15) is 4.79 Å². The van der Waals surface area contributed by atoms with Crippen LogP contribution in [-0.4, -0.2) is 42.1 Å². The third kappa shape index (κ3) is 2.64. The number of nitrogens with one attached hydrogen (secondary N) is 1. The van der Waals surface area contributed by atoms with E-state index in [0.29, 0.717) is 23.8 Å². The summed E-state index contributed by atoms with van der Waals surface area (Å²) in [5, 5.41) is 5.25. The summed E-state index contributed by atoms with van der Waals surface area (Å²) in [4.78, 5) is 27.6. The molecule has 0 saturated carbocycles. The van der Waals surface area contributed by atoms with Gasteiger partial charge in [-0.3, -0.25) is 9.48 Å². The van der Waals surface area contributed by atoms with Crippen molar-refractivity contribution in [1.29, 1.82) is 0 Å². The van der Waals surface area contributed by atoms with Gasteiger partial charge >= 0.3 is 0 Å². The van der Waals surface area contributed by atoms with E-state index < -0.39 is 0 Å². The summed E-state index contributed by atoms with van der Waals surface area (Å²) in [6.45, 7) is 0.567. The molecular formula is C18H15ClN6OS. The normalized spacial score (nSPS) is 16.7. The van der Waals surface area contributed by atoms with Gasteiger partial charge in [0.15, 0.2) is 5.15 Å². The molecule has 1 aliphatic rings. The number of halogens is 1. The van der Waals surface area contributed by atoms with Crippen LogP contribution in [0.1, 0.15) is 32.9 Å². The third-order valence-corrected chi connectivity index (χ3v) is 6.07. The maximum absolute atomic E-state index is 13.3. The molecule has 0 bridgehead atoms. The molecule has 1 aromatic carbocycles. The standard InChI is InChI=1S/C18H15ClN6OS/c1-24-12(8-14(19)23-24)18(26)25-7-6-11-15(21-9-20-11)16(25)17-22-10-4-2-3-5-13(10)27-17/h2-5,8-9,16H,6-7H2,1H3,(H,20,21)/t16-/m0/s1. The lowest BCUT2D eigenvalue weighted by atomic mass is 10.0. The van der Waals surface area contributed by atoms with Gasteiger partial charge in [0.2, 0.25) is 0 Å². The maximum Gasteiger partial charge on any atom is 0.273 e. The van der Waals surface area contributed by atoms with E-state index in [1.165, 1.54) is 4.68 Å². The number of thiazole rings is 1. The zero-order valence-electron chi connectivity index (χ0n) is 14.4. The third-order valence-electron chi connectivity index (χ3n) is 4.80. The number of benzene rings is 1. The Hall–Kier alpha value is -2.71. The summed E-state index contributed by atoms with van der Waals surface area (Å²) in [6.07, 6.45) is 2.40. The van der Waals surface area contributed by atoms with Crippen molar-refractivity contribution >= 4 is 39.1 Å². The SMILES string of the molecule is Cn1nc(Cl)cc1C(=O)N1CCc2[nH]cnc2[C@H]1c1nc2ccccc2s1. The molecule has 1 N–H and O–H groups in total. The highest BCUT2D eigenvalue weighted by Gasteiger charge is 2.37. The van der Waals surface area contributed by atoms with Crippen molar-refractivity contribution in [1.82, 2.24) is 29.6 Å². The van der Waals surface area contributed by atoms with Crippen LogP contribution >= 0.6 is 22.9 Å². The van der Waals surface area contributed by atoms with Crippen LogP contribution < -0.4 is 0 Å². The van der Waals surface area contributed by atoms with Gasteiger partial charge in [-0.2, -0.15) is 5.10 Å². The smallest absolute Gasteiger partial charge is 0.273 e. The highest BCUT2D eigenvalue weighted by atomic mass is 35.5. The Balaban J connectivity index is 1.64. The summed E-state index contributed by atoms with van der Waals surface area (Å²) in [5.41, 5.74) is 3.27. The molecule has 1 amide bonds. The molecule has 4 heterocycles. The number of amides is 1. The first-order valence-corrected chi connectivity index (χ1v) is 9.69. The van der Waals surface area contributed by atoms with Crippen LogP contribution in [0.4, 0.5) is 0 Å². The van der Waals surface area contributed by atoms with Gasteiger partial charge in [-0.25, -0.2) is 9.97 Å². The number of aryl methyl sites for hydroxylation is 1. The van der Waals surface area contributed by atoms with Gasteiger partial charge in [0.1, 0.15) is 16.7 Å². The topological polar surface area (TPSA) is 79.7 Å². The summed E-state index contributed by atoms with van der Waals surface area (Å²) >= 11 is 7.58.